The summed E-state index contributed by atoms with van der Waals surface area (Å²) in [5, 5.41) is 7.89. The monoisotopic (exact) mass is 450 g/mol. The van der Waals surface area contributed by atoms with Gasteiger partial charge in [-0.3, -0.25) is 19.3 Å². The number of hydrogen-bond donors (Lipinski definition) is 3. The molecule has 1 aliphatic heterocycles. The first-order valence-electron chi connectivity index (χ1n) is 10.4. The average molecular weight is 450 g/mol. The van der Waals surface area contributed by atoms with Crippen LogP contribution in [0.2, 0.25) is 0 Å². The molecule has 33 heavy (non-hydrogen) atoms. The first-order chi connectivity index (χ1) is 15.9. The summed E-state index contributed by atoms with van der Waals surface area (Å²) < 4.78 is 5.09. The molecule has 2 aliphatic rings. The Hall–Kier alpha value is -4.21. The van der Waals surface area contributed by atoms with Crippen LogP contribution in [-0.4, -0.2) is 53.8 Å². The lowest BCUT2D eigenvalue weighted by atomic mass is 10.1. The van der Waals surface area contributed by atoms with Crippen LogP contribution < -0.4 is 16.0 Å². The first kappa shape index (κ1) is 22.0. The smallest absolute Gasteiger partial charge is 0.338 e. The Bertz CT molecular complexity index is 1110. The Labute approximate surface area is 189 Å². The van der Waals surface area contributed by atoms with E-state index in [1.54, 1.807) is 36.4 Å². The number of esters is 1. The predicted molar refractivity (Wildman–Crippen MR) is 116 cm³/mol. The van der Waals surface area contributed by atoms with Crippen molar-refractivity contribution in [3.63, 3.8) is 0 Å². The van der Waals surface area contributed by atoms with Crippen LogP contribution in [-0.2, 0) is 20.9 Å². The largest absolute Gasteiger partial charge is 0.452 e. The number of urea groups is 1. The number of carbonyl (C=O) groups is 5. The number of nitrogens with one attached hydrogen (secondary N) is 3. The SMILES string of the molecule is O=C(COC(=O)c1cccc(CN2C(=O)CNC2=O)c1)Nc1ccccc1C(=O)NC1CC1. The van der Waals surface area contributed by atoms with E-state index in [1.807, 2.05) is 0 Å². The highest BCUT2D eigenvalue weighted by Crippen LogP contribution is 2.21. The van der Waals surface area contributed by atoms with Crippen molar-refractivity contribution in [2.75, 3.05) is 18.5 Å². The molecule has 2 aromatic carbocycles. The van der Waals surface area contributed by atoms with Gasteiger partial charge in [-0.1, -0.05) is 24.3 Å². The minimum Gasteiger partial charge on any atom is -0.452 e. The summed E-state index contributed by atoms with van der Waals surface area (Å²) in [6, 6.07) is 12.6. The summed E-state index contributed by atoms with van der Waals surface area (Å²) in [5.74, 6) is -1.95. The lowest BCUT2D eigenvalue weighted by molar-refractivity contribution is -0.125. The molecule has 170 valence electrons. The van der Waals surface area contributed by atoms with Crippen molar-refractivity contribution in [1.29, 1.82) is 0 Å². The minimum absolute atomic E-state index is 0.0198. The lowest BCUT2D eigenvalue weighted by Gasteiger charge is -2.13. The molecular formula is C23H22N4O6. The van der Waals surface area contributed by atoms with Crippen molar-refractivity contribution in [1.82, 2.24) is 15.5 Å². The van der Waals surface area contributed by atoms with Crippen LogP contribution in [0.4, 0.5) is 10.5 Å². The second kappa shape index (κ2) is 9.51. The zero-order valence-electron chi connectivity index (χ0n) is 17.6. The van der Waals surface area contributed by atoms with E-state index in [4.69, 9.17) is 4.74 Å². The summed E-state index contributed by atoms with van der Waals surface area (Å²) in [6.45, 7) is -0.582. The van der Waals surface area contributed by atoms with Crippen molar-refractivity contribution in [3.05, 3.63) is 65.2 Å². The number of benzene rings is 2. The summed E-state index contributed by atoms with van der Waals surface area (Å²) >= 11 is 0. The van der Waals surface area contributed by atoms with Crippen molar-refractivity contribution in [2.45, 2.75) is 25.4 Å². The minimum atomic E-state index is -0.732. The molecule has 0 atom stereocenters. The fourth-order valence-electron chi connectivity index (χ4n) is 3.28. The van der Waals surface area contributed by atoms with Gasteiger partial charge in [0.15, 0.2) is 6.61 Å². The summed E-state index contributed by atoms with van der Waals surface area (Å²) in [4.78, 5) is 61.5. The summed E-state index contributed by atoms with van der Waals surface area (Å²) in [5.41, 5.74) is 1.40. The molecule has 1 aliphatic carbocycles. The topological polar surface area (TPSA) is 134 Å². The van der Waals surface area contributed by atoms with Crippen LogP contribution in [0.1, 0.15) is 39.1 Å². The molecular weight excluding hydrogens is 428 g/mol. The molecule has 0 radical (unpaired) electrons. The van der Waals surface area contributed by atoms with E-state index in [9.17, 15) is 24.0 Å². The molecule has 0 spiro atoms. The van der Waals surface area contributed by atoms with Crippen LogP contribution in [0, 0.1) is 0 Å². The Morgan fingerprint density at radius 3 is 2.58 bits per heavy atom. The number of nitrogens with zero attached hydrogens (tertiary/aromatic N) is 1. The van der Waals surface area contributed by atoms with Crippen molar-refractivity contribution < 1.29 is 28.7 Å². The van der Waals surface area contributed by atoms with Gasteiger partial charge in [0.25, 0.3) is 11.8 Å². The van der Waals surface area contributed by atoms with Gasteiger partial charge in [0.1, 0.15) is 0 Å². The lowest BCUT2D eigenvalue weighted by Crippen LogP contribution is -2.30. The number of para-hydroxylation sites is 1. The Morgan fingerprint density at radius 2 is 1.85 bits per heavy atom. The fraction of sp³-hybridized carbons (Fsp3) is 0.261. The van der Waals surface area contributed by atoms with E-state index in [1.165, 1.54) is 12.1 Å². The van der Waals surface area contributed by atoms with E-state index >= 15 is 0 Å². The number of imide groups is 1. The highest BCUT2D eigenvalue weighted by atomic mass is 16.5. The third-order valence-corrected chi connectivity index (χ3v) is 5.13. The van der Waals surface area contributed by atoms with Gasteiger partial charge in [0.2, 0.25) is 5.91 Å². The van der Waals surface area contributed by atoms with Crippen LogP contribution in [0.5, 0.6) is 0 Å². The van der Waals surface area contributed by atoms with Crippen molar-refractivity contribution in [2.24, 2.45) is 0 Å². The molecule has 0 bridgehead atoms. The molecule has 1 saturated heterocycles. The molecule has 4 rings (SSSR count). The summed E-state index contributed by atoms with van der Waals surface area (Å²) in [6.07, 6.45) is 1.89. The van der Waals surface area contributed by atoms with Gasteiger partial charge in [-0.05, 0) is 42.7 Å². The number of hydrogen-bond acceptors (Lipinski definition) is 6. The number of amides is 5. The van der Waals surface area contributed by atoms with Gasteiger partial charge in [0, 0.05) is 6.04 Å². The Balaban J connectivity index is 1.33. The zero-order valence-corrected chi connectivity index (χ0v) is 17.6. The molecule has 5 amide bonds. The normalized spacial score (nSPS) is 15.1. The first-order valence-corrected chi connectivity index (χ1v) is 10.4. The predicted octanol–water partition coefficient (Wildman–Crippen LogP) is 1.43. The molecule has 1 saturated carbocycles. The van der Waals surface area contributed by atoms with Crippen LogP contribution in [0.15, 0.2) is 48.5 Å². The van der Waals surface area contributed by atoms with Crippen LogP contribution >= 0.6 is 0 Å². The van der Waals surface area contributed by atoms with Gasteiger partial charge < -0.3 is 20.7 Å². The maximum Gasteiger partial charge on any atom is 0.338 e. The Kier molecular flexibility index (Phi) is 6.34. The molecule has 10 nitrogen and oxygen atoms in total. The Morgan fingerprint density at radius 1 is 1.06 bits per heavy atom. The van der Waals surface area contributed by atoms with E-state index in [0.29, 0.717) is 16.8 Å². The van der Waals surface area contributed by atoms with E-state index < -0.39 is 24.5 Å². The molecule has 10 heteroatoms. The standard InChI is InChI=1S/C23H22N4O6/c28-19(26-18-7-2-1-6-17(18)21(30)25-16-8-9-16)13-33-22(31)15-5-3-4-14(10-15)12-27-20(29)11-24-23(27)32/h1-7,10,16H,8-9,11-13H2,(H,24,32)(H,25,30)(H,26,28). The van der Waals surface area contributed by atoms with Gasteiger partial charge in [0.05, 0.1) is 29.9 Å². The number of anilines is 1. The number of rotatable bonds is 8. The third-order valence-electron chi connectivity index (χ3n) is 5.13. The second-order valence-corrected chi connectivity index (χ2v) is 7.76. The maximum atomic E-state index is 12.4. The van der Waals surface area contributed by atoms with E-state index in [0.717, 1.165) is 17.7 Å². The molecule has 2 aromatic rings. The quantitative estimate of drug-likeness (QED) is 0.411. The van der Waals surface area contributed by atoms with Crippen LogP contribution in [0.3, 0.4) is 0 Å². The van der Waals surface area contributed by atoms with E-state index in [-0.39, 0.29) is 36.5 Å². The summed E-state index contributed by atoms with van der Waals surface area (Å²) in [7, 11) is 0. The maximum absolute atomic E-state index is 12.4. The number of ether oxygens (including phenoxy) is 1. The van der Waals surface area contributed by atoms with Gasteiger partial charge in [-0.15, -0.1) is 0 Å². The second-order valence-electron chi connectivity index (χ2n) is 7.76. The molecule has 1 heterocycles. The molecule has 2 fully saturated rings. The average Bonchev–Trinajstić information content (AvgIpc) is 3.58. The van der Waals surface area contributed by atoms with Gasteiger partial charge in [-0.25, -0.2) is 9.59 Å². The van der Waals surface area contributed by atoms with E-state index in [2.05, 4.69) is 16.0 Å². The van der Waals surface area contributed by atoms with Crippen molar-refractivity contribution >= 4 is 35.4 Å². The fourth-order valence-corrected chi connectivity index (χ4v) is 3.28. The van der Waals surface area contributed by atoms with Crippen molar-refractivity contribution in [3.8, 4) is 0 Å². The zero-order chi connectivity index (χ0) is 23.4. The molecule has 3 N–H and O–H groups in total. The highest BCUT2D eigenvalue weighted by molar-refractivity contribution is 6.04. The van der Waals surface area contributed by atoms with Gasteiger partial charge >= 0.3 is 12.0 Å². The van der Waals surface area contributed by atoms with Gasteiger partial charge in [-0.2, -0.15) is 0 Å². The molecule has 0 aromatic heterocycles. The highest BCUT2D eigenvalue weighted by Gasteiger charge is 2.28. The molecule has 0 unspecified atom stereocenters. The number of carbonyl (C=O) groups excluding carboxylic acids is 5. The van der Waals surface area contributed by atoms with Crippen LogP contribution in [0.25, 0.3) is 0 Å². The third kappa shape index (κ3) is 5.53.